The van der Waals surface area contributed by atoms with Crippen molar-refractivity contribution in [2.45, 2.75) is 57.5 Å². The van der Waals surface area contributed by atoms with Crippen LogP contribution in [0.1, 0.15) is 45.4 Å². The molecule has 3 unspecified atom stereocenters. The smallest absolute Gasteiger partial charge is 0.238 e. The monoisotopic (exact) mass is 238 g/mol. The third kappa shape index (κ3) is 3.44. The summed E-state index contributed by atoms with van der Waals surface area (Å²) in [6, 6.07) is 0.529. The summed E-state index contributed by atoms with van der Waals surface area (Å²) >= 11 is 0. The van der Waals surface area contributed by atoms with Crippen LogP contribution in [0.4, 0.5) is 0 Å². The molecule has 17 heavy (non-hydrogen) atoms. The molecule has 0 bridgehead atoms. The Morgan fingerprint density at radius 2 is 1.88 bits per heavy atom. The molecule has 3 atom stereocenters. The van der Waals surface area contributed by atoms with Gasteiger partial charge in [0.1, 0.15) is 0 Å². The van der Waals surface area contributed by atoms with Crippen LogP contribution in [0.15, 0.2) is 0 Å². The first-order valence-corrected chi connectivity index (χ1v) is 7.05. The molecule has 0 aliphatic heterocycles. The SMILES string of the molecule is CC(NC1CCCC(C2CC2)C1)C(=O)N(C)C. The fraction of sp³-hybridized carbons (Fsp3) is 0.929. The van der Waals surface area contributed by atoms with Gasteiger partial charge in [0.05, 0.1) is 6.04 Å². The van der Waals surface area contributed by atoms with E-state index in [1.54, 1.807) is 4.90 Å². The molecule has 1 amide bonds. The number of carbonyl (C=O) groups excluding carboxylic acids is 1. The van der Waals surface area contributed by atoms with Gasteiger partial charge in [0.15, 0.2) is 0 Å². The molecule has 2 saturated carbocycles. The topological polar surface area (TPSA) is 32.3 Å². The second-order valence-corrected chi connectivity index (χ2v) is 6.08. The molecule has 98 valence electrons. The van der Waals surface area contributed by atoms with Crippen LogP contribution in [-0.4, -0.2) is 37.0 Å². The predicted octanol–water partition coefficient (Wildman–Crippen LogP) is 2.02. The number of nitrogens with one attached hydrogen (secondary N) is 1. The first-order chi connectivity index (χ1) is 8.08. The van der Waals surface area contributed by atoms with Crippen LogP contribution in [-0.2, 0) is 4.79 Å². The van der Waals surface area contributed by atoms with E-state index >= 15 is 0 Å². The molecule has 2 aliphatic rings. The molecule has 0 radical (unpaired) electrons. The molecule has 1 N–H and O–H groups in total. The zero-order valence-electron chi connectivity index (χ0n) is 11.4. The Balaban J connectivity index is 1.79. The summed E-state index contributed by atoms with van der Waals surface area (Å²) < 4.78 is 0. The van der Waals surface area contributed by atoms with Gasteiger partial charge in [-0.1, -0.05) is 12.8 Å². The van der Waals surface area contributed by atoms with E-state index in [0.29, 0.717) is 6.04 Å². The average Bonchev–Trinajstić information content (AvgIpc) is 3.12. The molecule has 2 rings (SSSR count). The lowest BCUT2D eigenvalue weighted by Gasteiger charge is -2.32. The lowest BCUT2D eigenvalue weighted by molar-refractivity contribution is -0.130. The molecule has 0 saturated heterocycles. The van der Waals surface area contributed by atoms with Gasteiger partial charge in [0, 0.05) is 20.1 Å². The van der Waals surface area contributed by atoms with Gasteiger partial charge in [-0.05, 0) is 44.4 Å². The van der Waals surface area contributed by atoms with Crippen LogP contribution in [0, 0.1) is 11.8 Å². The number of amides is 1. The second kappa shape index (κ2) is 5.38. The van der Waals surface area contributed by atoms with Crippen molar-refractivity contribution in [3.05, 3.63) is 0 Å². The third-order valence-corrected chi connectivity index (χ3v) is 4.30. The lowest BCUT2D eigenvalue weighted by Crippen LogP contribution is -2.47. The molecule has 0 aromatic rings. The quantitative estimate of drug-likeness (QED) is 0.812. The first-order valence-electron chi connectivity index (χ1n) is 7.05. The van der Waals surface area contributed by atoms with Crippen LogP contribution < -0.4 is 5.32 Å². The van der Waals surface area contributed by atoms with Crippen LogP contribution in [0.2, 0.25) is 0 Å². The summed E-state index contributed by atoms with van der Waals surface area (Å²) in [6.07, 6.45) is 8.18. The largest absolute Gasteiger partial charge is 0.347 e. The van der Waals surface area contributed by atoms with Gasteiger partial charge in [0.2, 0.25) is 5.91 Å². The fourth-order valence-corrected chi connectivity index (χ4v) is 3.19. The summed E-state index contributed by atoms with van der Waals surface area (Å²) in [5.74, 6) is 2.14. The highest BCUT2D eigenvalue weighted by Gasteiger charge is 2.35. The highest BCUT2D eigenvalue weighted by Crippen LogP contribution is 2.43. The van der Waals surface area contributed by atoms with Crippen molar-refractivity contribution in [1.82, 2.24) is 10.2 Å². The minimum Gasteiger partial charge on any atom is -0.347 e. The van der Waals surface area contributed by atoms with Gasteiger partial charge in [-0.3, -0.25) is 4.79 Å². The minimum absolute atomic E-state index is 0.0343. The molecule has 0 heterocycles. The van der Waals surface area contributed by atoms with Crippen molar-refractivity contribution in [3.63, 3.8) is 0 Å². The molecular weight excluding hydrogens is 212 g/mol. The number of hydrogen-bond donors (Lipinski definition) is 1. The van der Waals surface area contributed by atoms with Gasteiger partial charge < -0.3 is 10.2 Å². The molecule has 0 aromatic carbocycles. The summed E-state index contributed by atoms with van der Waals surface area (Å²) in [4.78, 5) is 13.5. The number of nitrogens with zero attached hydrogens (tertiary/aromatic N) is 1. The molecule has 0 aromatic heterocycles. The van der Waals surface area contributed by atoms with E-state index in [2.05, 4.69) is 5.32 Å². The third-order valence-electron chi connectivity index (χ3n) is 4.30. The maximum atomic E-state index is 11.8. The standard InChI is InChI=1S/C14H26N2O/c1-10(14(17)16(2)3)15-13-6-4-5-12(9-13)11-7-8-11/h10-13,15H,4-9H2,1-3H3. The predicted molar refractivity (Wildman–Crippen MR) is 69.8 cm³/mol. The zero-order valence-corrected chi connectivity index (χ0v) is 11.4. The lowest BCUT2D eigenvalue weighted by atomic mass is 9.82. The summed E-state index contributed by atoms with van der Waals surface area (Å²) in [5.41, 5.74) is 0. The Bertz CT molecular complexity index is 273. The normalized spacial score (nSPS) is 31.0. The van der Waals surface area contributed by atoms with Gasteiger partial charge in [-0.25, -0.2) is 0 Å². The van der Waals surface area contributed by atoms with Gasteiger partial charge >= 0.3 is 0 Å². The number of likely N-dealkylation sites (N-methyl/N-ethyl adjacent to an activating group) is 1. The van der Waals surface area contributed by atoms with Gasteiger partial charge in [-0.2, -0.15) is 0 Å². The van der Waals surface area contributed by atoms with E-state index in [1.165, 1.54) is 38.5 Å². The number of hydrogen-bond acceptors (Lipinski definition) is 2. The highest BCUT2D eigenvalue weighted by molar-refractivity contribution is 5.80. The molecule has 3 heteroatoms. The first kappa shape index (κ1) is 12.9. The van der Waals surface area contributed by atoms with E-state index in [1.807, 2.05) is 21.0 Å². The van der Waals surface area contributed by atoms with E-state index in [4.69, 9.17) is 0 Å². The van der Waals surface area contributed by atoms with Gasteiger partial charge in [0.25, 0.3) is 0 Å². The molecule has 2 aliphatic carbocycles. The Labute approximate surface area is 105 Å². The Morgan fingerprint density at radius 3 is 2.47 bits per heavy atom. The summed E-state index contributed by atoms with van der Waals surface area (Å²) in [6.45, 7) is 1.99. The molecule has 0 spiro atoms. The van der Waals surface area contributed by atoms with Crippen molar-refractivity contribution < 1.29 is 4.79 Å². The van der Waals surface area contributed by atoms with Crippen molar-refractivity contribution >= 4 is 5.91 Å². The van der Waals surface area contributed by atoms with Crippen LogP contribution >= 0.6 is 0 Å². The van der Waals surface area contributed by atoms with Crippen molar-refractivity contribution in [3.8, 4) is 0 Å². The van der Waals surface area contributed by atoms with Crippen LogP contribution in [0.5, 0.6) is 0 Å². The van der Waals surface area contributed by atoms with Gasteiger partial charge in [-0.15, -0.1) is 0 Å². The number of carbonyl (C=O) groups is 1. The van der Waals surface area contributed by atoms with Crippen LogP contribution in [0.25, 0.3) is 0 Å². The zero-order chi connectivity index (χ0) is 12.4. The van der Waals surface area contributed by atoms with Crippen molar-refractivity contribution in [1.29, 1.82) is 0 Å². The maximum Gasteiger partial charge on any atom is 0.238 e. The average molecular weight is 238 g/mol. The molecule has 2 fully saturated rings. The van der Waals surface area contributed by atoms with E-state index in [-0.39, 0.29) is 11.9 Å². The maximum absolute atomic E-state index is 11.8. The van der Waals surface area contributed by atoms with Crippen molar-refractivity contribution in [2.75, 3.05) is 14.1 Å². The van der Waals surface area contributed by atoms with Crippen molar-refractivity contribution in [2.24, 2.45) is 11.8 Å². The Hall–Kier alpha value is -0.570. The Morgan fingerprint density at radius 1 is 1.18 bits per heavy atom. The van der Waals surface area contributed by atoms with E-state index in [0.717, 1.165) is 11.8 Å². The van der Waals surface area contributed by atoms with Crippen LogP contribution in [0.3, 0.4) is 0 Å². The summed E-state index contributed by atoms with van der Waals surface area (Å²) in [7, 11) is 3.66. The minimum atomic E-state index is -0.0343. The Kier molecular flexibility index (Phi) is 4.08. The second-order valence-electron chi connectivity index (χ2n) is 6.08. The number of rotatable bonds is 4. The van der Waals surface area contributed by atoms with E-state index < -0.39 is 0 Å². The summed E-state index contributed by atoms with van der Waals surface area (Å²) in [5, 5.41) is 3.52. The fourth-order valence-electron chi connectivity index (χ4n) is 3.19. The highest BCUT2D eigenvalue weighted by atomic mass is 16.2. The molecular formula is C14H26N2O. The molecule has 3 nitrogen and oxygen atoms in total. The van der Waals surface area contributed by atoms with E-state index in [9.17, 15) is 4.79 Å².